The third-order valence-corrected chi connectivity index (χ3v) is 3.85. The first-order chi connectivity index (χ1) is 7.99. The molecule has 0 saturated heterocycles. The molecule has 17 heavy (non-hydrogen) atoms. The van der Waals surface area contributed by atoms with Gasteiger partial charge in [0.05, 0.1) is 5.92 Å². The highest BCUT2D eigenvalue weighted by Gasteiger charge is 2.42. The topological polar surface area (TPSA) is 37.3 Å². The quantitative estimate of drug-likeness (QED) is 0.865. The summed E-state index contributed by atoms with van der Waals surface area (Å²) in [6.07, 6.45) is 2.91. The second kappa shape index (κ2) is 4.52. The van der Waals surface area contributed by atoms with Crippen molar-refractivity contribution >= 4 is 5.97 Å². The Morgan fingerprint density at radius 2 is 1.88 bits per heavy atom. The highest BCUT2D eigenvalue weighted by atomic mass is 16.4. The number of aliphatic carboxylic acids is 1. The van der Waals surface area contributed by atoms with E-state index >= 15 is 0 Å². The molecule has 0 heterocycles. The van der Waals surface area contributed by atoms with Gasteiger partial charge in [0, 0.05) is 0 Å². The van der Waals surface area contributed by atoms with E-state index in [1.54, 1.807) is 0 Å². The van der Waals surface area contributed by atoms with E-state index in [0.717, 1.165) is 19.3 Å². The van der Waals surface area contributed by atoms with Crippen LogP contribution >= 0.6 is 0 Å². The van der Waals surface area contributed by atoms with E-state index in [1.807, 2.05) is 0 Å². The second-order valence-corrected chi connectivity index (χ2v) is 5.36. The molecule has 1 fully saturated rings. The van der Waals surface area contributed by atoms with Crippen LogP contribution in [0.4, 0.5) is 0 Å². The zero-order valence-corrected chi connectivity index (χ0v) is 10.8. The van der Waals surface area contributed by atoms with Gasteiger partial charge in [-0.2, -0.15) is 0 Å². The number of benzene rings is 1. The number of hydrogen-bond acceptors (Lipinski definition) is 1. The maximum Gasteiger partial charge on any atom is 0.306 e. The number of carbonyl (C=O) groups is 1. The lowest BCUT2D eigenvalue weighted by Crippen LogP contribution is -2.01. The maximum absolute atomic E-state index is 10.8. The zero-order valence-electron chi connectivity index (χ0n) is 10.8. The minimum atomic E-state index is -0.618. The van der Waals surface area contributed by atoms with Crippen LogP contribution in [0.15, 0.2) is 12.1 Å². The summed E-state index contributed by atoms with van der Waals surface area (Å²) in [5.41, 5.74) is 5.40. The van der Waals surface area contributed by atoms with Crippen LogP contribution in [-0.4, -0.2) is 11.1 Å². The molecule has 0 bridgehead atoms. The minimum Gasteiger partial charge on any atom is -0.481 e. The highest BCUT2D eigenvalue weighted by Crippen LogP contribution is 2.42. The van der Waals surface area contributed by atoms with Crippen molar-refractivity contribution in [3.63, 3.8) is 0 Å². The van der Waals surface area contributed by atoms with Crippen molar-refractivity contribution in [2.24, 2.45) is 11.8 Å². The lowest BCUT2D eigenvalue weighted by Gasteiger charge is -2.11. The number of aryl methyl sites for hydroxylation is 3. The van der Waals surface area contributed by atoms with E-state index in [9.17, 15) is 4.79 Å². The summed E-state index contributed by atoms with van der Waals surface area (Å²) < 4.78 is 0. The molecule has 2 unspecified atom stereocenters. The molecule has 1 aliphatic rings. The summed E-state index contributed by atoms with van der Waals surface area (Å²) >= 11 is 0. The molecule has 92 valence electrons. The fourth-order valence-electron chi connectivity index (χ4n) is 2.80. The van der Waals surface area contributed by atoms with Crippen molar-refractivity contribution < 1.29 is 9.90 Å². The molecular weight excluding hydrogens is 212 g/mol. The maximum atomic E-state index is 10.8. The lowest BCUT2D eigenvalue weighted by atomic mass is 9.95. The van der Waals surface area contributed by atoms with Crippen molar-refractivity contribution in [3.05, 3.63) is 34.4 Å². The van der Waals surface area contributed by atoms with E-state index in [-0.39, 0.29) is 5.92 Å². The van der Waals surface area contributed by atoms with Gasteiger partial charge in [-0.25, -0.2) is 0 Å². The van der Waals surface area contributed by atoms with Gasteiger partial charge in [0.25, 0.3) is 0 Å². The van der Waals surface area contributed by atoms with Gasteiger partial charge < -0.3 is 5.11 Å². The molecule has 1 N–H and O–H groups in total. The molecule has 2 atom stereocenters. The van der Waals surface area contributed by atoms with Gasteiger partial charge in [-0.15, -0.1) is 0 Å². The predicted molar refractivity (Wildman–Crippen MR) is 68.2 cm³/mol. The van der Waals surface area contributed by atoms with E-state index in [1.165, 1.54) is 22.3 Å². The van der Waals surface area contributed by atoms with E-state index in [0.29, 0.717) is 5.92 Å². The third kappa shape index (κ3) is 2.68. The highest BCUT2D eigenvalue weighted by molar-refractivity contribution is 5.73. The Kier molecular flexibility index (Phi) is 3.23. The van der Waals surface area contributed by atoms with Crippen molar-refractivity contribution in [2.45, 2.75) is 40.0 Å². The second-order valence-electron chi connectivity index (χ2n) is 5.36. The van der Waals surface area contributed by atoms with Gasteiger partial charge >= 0.3 is 5.97 Å². The summed E-state index contributed by atoms with van der Waals surface area (Å²) in [6, 6.07) is 4.42. The number of rotatable bonds is 4. The van der Waals surface area contributed by atoms with Crippen molar-refractivity contribution in [2.75, 3.05) is 0 Å². The minimum absolute atomic E-state index is 0.0685. The van der Waals surface area contributed by atoms with E-state index in [4.69, 9.17) is 5.11 Å². The van der Waals surface area contributed by atoms with Crippen LogP contribution in [0.2, 0.25) is 0 Å². The number of hydrogen-bond donors (Lipinski definition) is 1. The summed E-state index contributed by atoms with van der Waals surface area (Å²) in [6.45, 7) is 6.42. The first-order valence-electron chi connectivity index (χ1n) is 6.28. The third-order valence-electron chi connectivity index (χ3n) is 3.85. The van der Waals surface area contributed by atoms with E-state index in [2.05, 4.69) is 32.9 Å². The zero-order chi connectivity index (χ0) is 12.6. The molecule has 2 nitrogen and oxygen atoms in total. The molecule has 0 spiro atoms. The molecule has 0 amide bonds. The van der Waals surface area contributed by atoms with Gasteiger partial charge in [-0.1, -0.05) is 17.7 Å². The molecule has 1 aliphatic carbocycles. The Hall–Kier alpha value is -1.31. The SMILES string of the molecule is Cc1cc(C)c(CCC2CC2C(=O)O)c(C)c1. The molecule has 0 aromatic heterocycles. The Labute approximate surface area is 103 Å². The summed E-state index contributed by atoms with van der Waals surface area (Å²) in [5.74, 6) is -0.277. The molecule has 2 rings (SSSR count). The molecule has 2 heteroatoms. The fourth-order valence-corrected chi connectivity index (χ4v) is 2.80. The number of carboxylic acid groups (broad SMARTS) is 1. The van der Waals surface area contributed by atoms with Crippen LogP contribution in [-0.2, 0) is 11.2 Å². The summed E-state index contributed by atoms with van der Waals surface area (Å²) in [4.78, 5) is 10.8. The predicted octanol–water partition coefficient (Wildman–Crippen LogP) is 3.27. The van der Waals surface area contributed by atoms with Crippen LogP contribution in [0.5, 0.6) is 0 Å². The van der Waals surface area contributed by atoms with Gasteiger partial charge in [0.2, 0.25) is 0 Å². The van der Waals surface area contributed by atoms with Crippen molar-refractivity contribution in [1.82, 2.24) is 0 Å². The normalized spacial score (nSPS) is 22.5. The smallest absolute Gasteiger partial charge is 0.306 e. The van der Waals surface area contributed by atoms with Crippen molar-refractivity contribution in [1.29, 1.82) is 0 Å². The number of carboxylic acids is 1. The lowest BCUT2D eigenvalue weighted by molar-refractivity contribution is -0.138. The van der Waals surface area contributed by atoms with Crippen LogP contribution in [0, 0.1) is 32.6 Å². The van der Waals surface area contributed by atoms with Crippen LogP contribution < -0.4 is 0 Å². The molecule has 1 aromatic carbocycles. The Morgan fingerprint density at radius 3 is 2.35 bits per heavy atom. The first-order valence-corrected chi connectivity index (χ1v) is 6.28. The fraction of sp³-hybridized carbons (Fsp3) is 0.533. The van der Waals surface area contributed by atoms with Gasteiger partial charge in [0.1, 0.15) is 0 Å². The Morgan fingerprint density at radius 1 is 1.29 bits per heavy atom. The standard InChI is InChI=1S/C15H20O2/c1-9-6-10(2)13(11(3)7-9)5-4-12-8-14(12)15(16)17/h6-7,12,14H,4-5,8H2,1-3H3,(H,16,17). The van der Waals surface area contributed by atoms with Gasteiger partial charge in [0.15, 0.2) is 0 Å². The monoisotopic (exact) mass is 232 g/mol. The van der Waals surface area contributed by atoms with Crippen LogP contribution in [0.1, 0.15) is 35.1 Å². The first kappa shape index (κ1) is 12.2. The van der Waals surface area contributed by atoms with Gasteiger partial charge in [-0.05, 0) is 62.6 Å². The molecule has 0 aliphatic heterocycles. The van der Waals surface area contributed by atoms with Crippen molar-refractivity contribution in [3.8, 4) is 0 Å². The van der Waals surface area contributed by atoms with Gasteiger partial charge in [-0.3, -0.25) is 4.79 Å². The van der Waals surface area contributed by atoms with Crippen LogP contribution in [0.3, 0.4) is 0 Å². The summed E-state index contributed by atoms with van der Waals surface area (Å²) in [7, 11) is 0. The molecule has 0 radical (unpaired) electrons. The largest absolute Gasteiger partial charge is 0.481 e. The Bertz CT molecular complexity index is 425. The Balaban J connectivity index is 1.98. The molecular formula is C15H20O2. The molecule has 1 saturated carbocycles. The average molecular weight is 232 g/mol. The van der Waals surface area contributed by atoms with E-state index < -0.39 is 5.97 Å². The molecule has 1 aromatic rings. The average Bonchev–Trinajstić information content (AvgIpc) is 2.95. The van der Waals surface area contributed by atoms with Crippen LogP contribution in [0.25, 0.3) is 0 Å². The summed E-state index contributed by atoms with van der Waals surface area (Å²) in [5, 5.41) is 8.87.